The van der Waals surface area contributed by atoms with Crippen LogP contribution in [-0.2, 0) is 12.8 Å². The van der Waals surface area contributed by atoms with Crippen molar-refractivity contribution in [1.29, 1.82) is 0 Å². The van der Waals surface area contributed by atoms with Crippen LogP contribution in [0, 0.1) is 10.8 Å². The molecule has 2 bridgehead atoms. The van der Waals surface area contributed by atoms with E-state index in [-0.39, 0.29) is 22.6 Å². The summed E-state index contributed by atoms with van der Waals surface area (Å²) in [5.74, 6) is -0.00465. The van der Waals surface area contributed by atoms with E-state index in [0.29, 0.717) is 22.9 Å². The molecule has 3 aliphatic rings. The van der Waals surface area contributed by atoms with E-state index < -0.39 is 0 Å². The summed E-state index contributed by atoms with van der Waals surface area (Å²) >= 11 is 0. The van der Waals surface area contributed by atoms with Gasteiger partial charge in [-0.3, -0.25) is 9.59 Å². The topological polar surface area (TPSA) is 49.4 Å². The van der Waals surface area contributed by atoms with Crippen molar-refractivity contribution >= 4 is 28.3 Å². The Morgan fingerprint density at radius 2 is 1.65 bits per heavy atom. The van der Waals surface area contributed by atoms with Crippen molar-refractivity contribution in [2.75, 3.05) is 11.9 Å². The zero-order valence-electron chi connectivity index (χ0n) is 20.3. The van der Waals surface area contributed by atoms with E-state index in [0.717, 1.165) is 37.6 Å². The highest BCUT2D eigenvalue weighted by molar-refractivity contribution is 6.14. The van der Waals surface area contributed by atoms with Crippen molar-refractivity contribution < 1.29 is 9.59 Å². The maximum atomic E-state index is 13.4. The van der Waals surface area contributed by atoms with Crippen LogP contribution < -0.4 is 5.32 Å². The van der Waals surface area contributed by atoms with Gasteiger partial charge in [0.15, 0.2) is 0 Å². The standard InChI is InChI=1S/C30H32N2O2/c1-29(2)15-23-16-30(3,17-29)18-32(23)28(34)21-9-12-22(13-10-21)31-27(33)25-14-11-20-8-7-19-5-4-6-24(25)26(19)20/h4-6,9-14,23H,7-8,15-18H2,1-3H3,(H,31,33)/t23-,30-/m0/s1. The van der Waals surface area contributed by atoms with Crippen molar-refractivity contribution in [3.05, 3.63) is 76.9 Å². The number of anilines is 1. The molecule has 1 saturated heterocycles. The molecule has 2 fully saturated rings. The molecule has 3 aromatic carbocycles. The molecular weight excluding hydrogens is 420 g/mol. The Balaban J connectivity index is 1.20. The van der Waals surface area contributed by atoms with Gasteiger partial charge in [0, 0.05) is 29.4 Å². The smallest absolute Gasteiger partial charge is 0.256 e. The van der Waals surface area contributed by atoms with Gasteiger partial charge >= 0.3 is 0 Å². The van der Waals surface area contributed by atoms with Crippen LogP contribution in [0.3, 0.4) is 0 Å². The number of benzene rings is 3. The van der Waals surface area contributed by atoms with Crippen LogP contribution in [0.4, 0.5) is 5.69 Å². The van der Waals surface area contributed by atoms with Crippen molar-refractivity contribution in [3.63, 3.8) is 0 Å². The molecule has 2 atom stereocenters. The van der Waals surface area contributed by atoms with Gasteiger partial charge in [-0.25, -0.2) is 0 Å². The highest BCUT2D eigenvalue weighted by atomic mass is 16.2. The molecule has 0 spiro atoms. The molecule has 1 N–H and O–H groups in total. The molecule has 0 unspecified atom stereocenters. The number of likely N-dealkylation sites (tertiary alicyclic amines) is 1. The van der Waals surface area contributed by atoms with Crippen molar-refractivity contribution in [3.8, 4) is 0 Å². The largest absolute Gasteiger partial charge is 0.335 e. The molecule has 0 radical (unpaired) electrons. The molecule has 3 aromatic rings. The lowest BCUT2D eigenvalue weighted by Gasteiger charge is -2.39. The van der Waals surface area contributed by atoms with Crippen LogP contribution in [0.5, 0.6) is 0 Å². The lowest BCUT2D eigenvalue weighted by atomic mass is 9.65. The number of carbonyl (C=O) groups is 2. The van der Waals surface area contributed by atoms with E-state index >= 15 is 0 Å². The number of aryl methyl sites for hydroxylation is 2. The molecular formula is C30H32N2O2. The third-order valence-corrected chi connectivity index (χ3v) is 8.19. The normalized spacial score (nSPS) is 24.4. The number of nitrogens with zero attached hydrogens (tertiary/aromatic N) is 1. The number of carbonyl (C=O) groups excluding carboxylic acids is 2. The highest BCUT2D eigenvalue weighted by Crippen LogP contribution is 2.52. The van der Waals surface area contributed by atoms with E-state index in [4.69, 9.17) is 0 Å². The monoisotopic (exact) mass is 452 g/mol. The minimum atomic E-state index is -0.113. The molecule has 2 aliphatic carbocycles. The van der Waals surface area contributed by atoms with Gasteiger partial charge in [0.05, 0.1) is 0 Å². The molecule has 1 heterocycles. The lowest BCUT2D eigenvalue weighted by molar-refractivity contribution is 0.0708. The van der Waals surface area contributed by atoms with Gasteiger partial charge in [0.25, 0.3) is 11.8 Å². The summed E-state index contributed by atoms with van der Waals surface area (Å²) in [5.41, 5.74) is 5.25. The quantitative estimate of drug-likeness (QED) is 0.512. The second-order valence-electron chi connectivity index (χ2n) is 11.8. The Labute approximate surface area is 201 Å². The minimum absolute atomic E-state index is 0.108. The van der Waals surface area contributed by atoms with Crippen LogP contribution in [0.2, 0.25) is 0 Å². The van der Waals surface area contributed by atoms with Crippen molar-refractivity contribution in [1.82, 2.24) is 4.90 Å². The molecule has 34 heavy (non-hydrogen) atoms. The van der Waals surface area contributed by atoms with E-state index in [2.05, 4.69) is 43.1 Å². The molecule has 4 nitrogen and oxygen atoms in total. The van der Waals surface area contributed by atoms with Gasteiger partial charge in [-0.15, -0.1) is 0 Å². The van der Waals surface area contributed by atoms with Gasteiger partial charge in [-0.1, -0.05) is 45.0 Å². The Morgan fingerprint density at radius 3 is 2.41 bits per heavy atom. The maximum Gasteiger partial charge on any atom is 0.256 e. The number of rotatable bonds is 3. The average molecular weight is 453 g/mol. The van der Waals surface area contributed by atoms with Gasteiger partial charge < -0.3 is 10.2 Å². The zero-order chi connectivity index (χ0) is 23.7. The second kappa shape index (κ2) is 7.43. The first-order valence-electron chi connectivity index (χ1n) is 12.5. The number of fused-ring (bicyclic) bond motifs is 2. The van der Waals surface area contributed by atoms with Crippen LogP contribution in [0.15, 0.2) is 54.6 Å². The minimum Gasteiger partial charge on any atom is -0.335 e. The van der Waals surface area contributed by atoms with Gasteiger partial charge in [-0.05, 0) is 95.2 Å². The summed E-state index contributed by atoms with van der Waals surface area (Å²) < 4.78 is 0. The third kappa shape index (κ3) is 3.51. The summed E-state index contributed by atoms with van der Waals surface area (Å²) in [4.78, 5) is 28.6. The average Bonchev–Trinajstić information content (AvgIpc) is 3.32. The summed E-state index contributed by atoms with van der Waals surface area (Å²) in [5, 5.41) is 5.30. The molecule has 174 valence electrons. The number of hydrogen-bond donors (Lipinski definition) is 1. The molecule has 4 heteroatoms. The molecule has 6 rings (SSSR count). The van der Waals surface area contributed by atoms with Gasteiger partial charge in [0.1, 0.15) is 0 Å². The first-order chi connectivity index (χ1) is 16.2. The van der Waals surface area contributed by atoms with Crippen molar-refractivity contribution in [2.24, 2.45) is 10.8 Å². The Kier molecular flexibility index (Phi) is 4.68. The van der Waals surface area contributed by atoms with Gasteiger partial charge in [0.2, 0.25) is 0 Å². The maximum absolute atomic E-state index is 13.4. The zero-order valence-corrected chi connectivity index (χ0v) is 20.3. The van der Waals surface area contributed by atoms with Crippen LogP contribution >= 0.6 is 0 Å². The Bertz CT molecular complexity index is 1310. The Hall–Kier alpha value is -3.14. The fourth-order valence-electron chi connectivity index (χ4n) is 7.20. The lowest BCUT2D eigenvalue weighted by Crippen LogP contribution is -2.37. The predicted molar refractivity (Wildman–Crippen MR) is 136 cm³/mol. The van der Waals surface area contributed by atoms with E-state index in [1.807, 2.05) is 42.5 Å². The predicted octanol–water partition coefficient (Wildman–Crippen LogP) is 6.23. The Morgan fingerprint density at radius 1 is 0.912 bits per heavy atom. The van der Waals surface area contributed by atoms with Crippen LogP contribution in [0.25, 0.3) is 10.8 Å². The molecule has 0 aromatic heterocycles. The fraction of sp³-hybridized carbons (Fsp3) is 0.400. The number of nitrogens with one attached hydrogen (secondary N) is 1. The first kappa shape index (κ1) is 21.4. The van der Waals surface area contributed by atoms with E-state index in [1.54, 1.807) is 0 Å². The second-order valence-corrected chi connectivity index (χ2v) is 11.8. The third-order valence-electron chi connectivity index (χ3n) is 8.19. The summed E-state index contributed by atoms with van der Waals surface area (Å²) in [6, 6.07) is 18.0. The van der Waals surface area contributed by atoms with E-state index in [1.165, 1.54) is 22.9 Å². The summed E-state index contributed by atoms with van der Waals surface area (Å²) in [6.45, 7) is 7.81. The number of hydrogen-bond acceptors (Lipinski definition) is 2. The van der Waals surface area contributed by atoms with E-state index in [9.17, 15) is 9.59 Å². The van der Waals surface area contributed by atoms with Crippen molar-refractivity contribution in [2.45, 2.75) is 58.9 Å². The SMILES string of the molecule is CC1(C)C[C@H]2C[C@](C)(CN2C(=O)c2ccc(NC(=O)c3ccc4c5c(cccc35)CC4)cc2)C1. The number of amides is 2. The van der Waals surface area contributed by atoms with Gasteiger partial charge in [-0.2, -0.15) is 0 Å². The van der Waals surface area contributed by atoms with Crippen LogP contribution in [-0.4, -0.2) is 29.3 Å². The molecule has 2 amide bonds. The molecule has 1 saturated carbocycles. The molecule has 1 aliphatic heterocycles. The summed E-state index contributed by atoms with van der Waals surface area (Å²) in [6.07, 6.45) is 5.42. The first-order valence-corrected chi connectivity index (χ1v) is 12.5. The fourth-order valence-corrected chi connectivity index (χ4v) is 7.20. The van der Waals surface area contributed by atoms with Crippen LogP contribution in [0.1, 0.15) is 71.9 Å². The summed E-state index contributed by atoms with van der Waals surface area (Å²) in [7, 11) is 0. The highest BCUT2D eigenvalue weighted by Gasteiger charge is 2.51.